The predicted octanol–water partition coefficient (Wildman–Crippen LogP) is 2.16. The number of nitrogens with two attached hydrogens (primary N) is 1. The Balaban J connectivity index is 2.13. The number of aromatic nitrogens is 2. The van der Waals surface area contributed by atoms with Crippen LogP contribution in [-0.2, 0) is 12.6 Å². The quantitative estimate of drug-likeness (QED) is 0.826. The minimum absolute atomic E-state index is 0.318. The lowest BCUT2D eigenvalue weighted by Gasteiger charge is -2.43. The monoisotopic (exact) mass is 237 g/mol. The van der Waals surface area contributed by atoms with Crippen molar-refractivity contribution in [3.8, 4) is 0 Å². The van der Waals surface area contributed by atoms with Gasteiger partial charge in [-0.1, -0.05) is 18.2 Å². The highest BCUT2D eigenvalue weighted by Gasteiger charge is 2.57. The summed E-state index contributed by atoms with van der Waals surface area (Å²) < 4.78 is 27.7. The van der Waals surface area contributed by atoms with E-state index in [-0.39, 0.29) is 12.8 Å². The molecule has 17 heavy (non-hydrogen) atoms. The van der Waals surface area contributed by atoms with Gasteiger partial charge < -0.3 is 5.73 Å². The molecule has 2 N–H and O–H groups in total. The standard InChI is InChI=1S/C12H13F2N3/c1-17-9-5-3-2-4-8(9)10(16-17)11(15)6-12(13,14)7-11/h2-5H,6-7,15H2,1H3. The largest absolute Gasteiger partial charge is 0.320 e. The molecule has 3 rings (SSSR count). The Morgan fingerprint density at radius 3 is 2.59 bits per heavy atom. The van der Waals surface area contributed by atoms with Gasteiger partial charge in [0.1, 0.15) is 0 Å². The minimum atomic E-state index is -2.65. The van der Waals surface area contributed by atoms with E-state index in [2.05, 4.69) is 5.10 Å². The first kappa shape index (κ1) is 10.7. The minimum Gasteiger partial charge on any atom is -0.320 e. The number of nitrogens with zero attached hydrogens (tertiary/aromatic N) is 2. The summed E-state index contributed by atoms with van der Waals surface area (Å²) in [6.07, 6.45) is -0.637. The van der Waals surface area contributed by atoms with E-state index in [0.29, 0.717) is 5.69 Å². The average molecular weight is 237 g/mol. The van der Waals surface area contributed by atoms with Crippen LogP contribution in [0.1, 0.15) is 18.5 Å². The van der Waals surface area contributed by atoms with Crippen LogP contribution in [0, 0.1) is 0 Å². The van der Waals surface area contributed by atoms with Crippen LogP contribution in [0.15, 0.2) is 24.3 Å². The van der Waals surface area contributed by atoms with Gasteiger partial charge in [0.25, 0.3) is 5.92 Å². The second kappa shape index (κ2) is 3.04. The summed E-state index contributed by atoms with van der Waals surface area (Å²) in [5, 5.41) is 5.18. The number of fused-ring (bicyclic) bond motifs is 1. The molecule has 1 heterocycles. The number of para-hydroxylation sites is 1. The summed E-state index contributed by atoms with van der Waals surface area (Å²) in [5.41, 5.74) is 6.55. The highest BCUT2D eigenvalue weighted by atomic mass is 19.3. The molecule has 1 fully saturated rings. The Bertz CT molecular complexity index is 580. The fourth-order valence-corrected chi connectivity index (χ4v) is 2.62. The second-order valence-corrected chi connectivity index (χ2v) is 4.86. The fraction of sp³-hybridized carbons (Fsp3) is 0.417. The number of benzene rings is 1. The van der Waals surface area contributed by atoms with Gasteiger partial charge >= 0.3 is 0 Å². The molecule has 0 amide bonds. The van der Waals surface area contributed by atoms with Crippen molar-refractivity contribution in [1.82, 2.24) is 9.78 Å². The smallest absolute Gasteiger partial charge is 0.252 e. The molecule has 0 bridgehead atoms. The van der Waals surface area contributed by atoms with Crippen molar-refractivity contribution >= 4 is 10.9 Å². The molecule has 0 saturated heterocycles. The molecule has 1 saturated carbocycles. The molecule has 0 radical (unpaired) electrons. The topological polar surface area (TPSA) is 43.8 Å². The van der Waals surface area contributed by atoms with Gasteiger partial charge in [0.15, 0.2) is 0 Å². The van der Waals surface area contributed by atoms with Crippen LogP contribution in [0.2, 0.25) is 0 Å². The van der Waals surface area contributed by atoms with Crippen molar-refractivity contribution in [2.24, 2.45) is 12.8 Å². The first-order valence-electron chi connectivity index (χ1n) is 5.50. The normalized spacial score (nSPS) is 21.4. The number of hydrogen-bond acceptors (Lipinski definition) is 2. The zero-order valence-corrected chi connectivity index (χ0v) is 9.45. The van der Waals surface area contributed by atoms with E-state index in [1.165, 1.54) is 0 Å². The first-order valence-corrected chi connectivity index (χ1v) is 5.50. The highest BCUT2D eigenvalue weighted by Crippen LogP contribution is 2.50. The van der Waals surface area contributed by atoms with E-state index in [9.17, 15) is 8.78 Å². The maximum atomic E-state index is 13.0. The van der Waals surface area contributed by atoms with Gasteiger partial charge in [-0.3, -0.25) is 4.68 Å². The van der Waals surface area contributed by atoms with Crippen molar-refractivity contribution in [1.29, 1.82) is 0 Å². The van der Waals surface area contributed by atoms with Gasteiger partial charge in [-0.25, -0.2) is 8.78 Å². The summed E-state index contributed by atoms with van der Waals surface area (Å²) in [7, 11) is 1.80. The van der Waals surface area contributed by atoms with E-state index in [1.54, 1.807) is 11.7 Å². The molecule has 0 spiro atoms. The molecular weight excluding hydrogens is 224 g/mol. The lowest BCUT2D eigenvalue weighted by atomic mass is 9.71. The van der Waals surface area contributed by atoms with Crippen LogP contribution < -0.4 is 5.73 Å². The molecule has 1 aliphatic carbocycles. The molecule has 1 aliphatic rings. The van der Waals surface area contributed by atoms with Crippen molar-refractivity contribution in [2.45, 2.75) is 24.3 Å². The van der Waals surface area contributed by atoms with Gasteiger partial charge in [0, 0.05) is 25.3 Å². The third-order valence-corrected chi connectivity index (χ3v) is 3.38. The molecule has 1 aromatic heterocycles. The van der Waals surface area contributed by atoms with Crippen LogP contribution in [0.5, 0.6) is 0 Å². The van der Waals surface area contributed by atoms with Crippen molar-refractivity contribution in [3.63, 3.8) is 0 Å². The second-order valence-electron chi connectivity index (χ2n) is 4.86. The van der Waals surface area contributed by atoms with Crippen molar-refractivity contribution in [3.05, 3.63) is 30.0 Å². The Hall–Kier alpha value is -1.49. The molecule has 5 heteroatoms. The van der Waals surface area contributed by atoms with Crippen LogP contribution in [-0.4, -0.2) is 15.7 Å². The first-order chi connectivity index (χ1) is 7.91. The molecule has 0 atom stereocenters. The molecular formula is C12H13F2N3. The maximum Gasteiger partial charge on any atom is 0.252 e. The summed E-state index contributed by atoms with van der Waals surface area (Å²) in [6, 6.07) is 7.55. The highest BCUT2D eigenvalue weighted by molar-refractivity contribution is 5.83. The predicted molar refractivity (Wildman–Crippen MR) is 60.8 cm³/mol. The van der Waals surface area contributed by atoms with E-state index in [0.717, 1.165) is 10.9 Å². The van der Waals surface area contributed by atoms with Crippen LogP contribution in [0.4, 0.5) is 8.78 Å². The SMILES string of the molecule is Cn1nc(C2(N)CC(F)(F)C2)c2ccccc21. The Kier molecular flexibility index (Phi) is 1.91. The lowest BCUT2D eigenvalue weighted by Crippen LogP contribution is -2.55. The van der Waals surface area contributed by atoms with Crippen LogP contribution >= 0.6 is 0 Å². The number of halogens is 2. The van der Waals surface area contributed by atoms with Gasteiger partial charge in [0.05, 0.1) is 16.7 Å². The van der Waals surface area contributed by atoms with Gasteiger partial charge in [0.2, 0.25) is 0 Å². The Labute approximate surface area is 97.2 Å². The third-order valence-electron chi connectivity index (χ3n) is 3.38. The summed E-state index contributed by atoms with van der Waals surface area (Å²) >= 11 is 0. The van der Waals surface area contributed by atoms with Crippen molar-refractivity contribution in [2.75, 3.05) is 0 Å². The van der Waals surface area contributed by atoms with E-state index in [1.807, 2.05) is 24.3 Å². The van der Waals surface area contributed by atoms with E-state index in [4.69, 9.17) is 5.73 Å². The number of hydrogen-bond donors (Lipinski definition) is 1. The fourth-order valence-electron chi connectivity index (χ4n) is 2.62. The maximum absolute atomic E-state index is 13.0. The van der Waals surface area contributed by atoms with E-state index < -0.39 is 11.5 Å². The van der Waals surface area contributed by atoms with Crippen LogP contribution in [0.25, 0.3) is 10.9 Å². The Morgan fingerprint density at radius 2 is 1.94 bits per heavy atom. The molecule has 90 valence electrons. The zero-order valence-electron chi connectivity index (χ0n) is 9.45. The van der Waals surface area contributed by atoms with Gasteiger partial charge in [-0.15, -0.1) is 0 Å². The summed E-state index contributed by atoms with van der Waals surface area (Å²) in [4.78, 5) is 0. The van der Waals surface area contributed by atoms with Crippen LogP contribution in [0.3, 0.4) is 0 Å². The number of aryl methyl sites for hydroxylation is 1. The molecule has 1 aromatic carbocycles. The third kappa shape index (κ3) is 1.45. The summed E-state index contributed by atoms with van der Waals surface area (Å²) in [5.74, 6) is -2.65. The summed E-state index contributed by atoms with van der Waals surface area (Å²) in [6.45, 7) is 0. The Morgan fingerprint density at radius 1 is 1.29 bits per heavy atom. The van der Waals surface area contributed by atoms with Crippen molar-refractivity contribution < 1.29 is 8.78 Å². The molecule has 0 unspecified atom stereocenters. The molecule has 3 nitrogen and oxygen atoms in total. The molecule has 0 aliphatic heterocycles. The van der Waals surface area contributed by atoms with Gasteiger partial charge in [-0.2, -0.15) is 5.10 Å². The zero-order chi connectivity index (χ0) is 12.3. The number of rotatable bonds is 1. The average Bonchev–Trinajstić information content (AvgIpc) is 2.55. The van der Waals surface area contributed by atoms with E-state index >= 15 is 0 Å². The van der Waals surface area contributed by atoms with Gasteiger partial charge in [-0.05, 0) is 6.07 Å². The number of alkyl halides is 2. The molecule has 2 aromatic rings. The lowest BCUT2D eigenvalue weighted by molar-refractivity contribution is -0.125.